The van der Waals surface area contributed by atoms with E-state index in [1.807, 2.05) is 38.1 Å². The van der Waals surface area contributed by atoms with E-state index >= 15 is 0 Å². The summed E-state index contributed by atoms with van der Waals surface area (Å²) in [5.74, 6) is 0.226. The van der Waals surface area contributed by atoms with Gasteiger partial charge in [0.15, 0.2) is 0 Å². The molecule has 0 saturated heterocycles. The van der Waals surface area contributed by atoms with Gasteiger partial charge in [-0.3, -0.25) is 14.9 Å². The monoisotopic (exact) mass is 292 g/mol. The van der Waals surface area contributed by atoms with Crippen LogP contribution in [0.1, 0.15) is 31.9 Å². The lowest BCUT2D eigenvalue weighted by molar-refractivity contribution is -0.497. The molecule has 1 saturated carbocycles. The molecular weight excluding hydrogens is 272 g/mol. The molecule has 2 rings (SSSR count). The van der Waals surface area contributed by atoms with E-state index in [1.165, 1.54) is 0 Å². The number of methoxy groups -OCH3 is 1. The molecule has 0 aromatic heterocycles. The van der Waals surface area contributed by atoms with Crippen molar-refractivity contribution in [2.45, 2.75) is 32.4 Å². The van der Waals surface area contributed by atoms with Gasteiger partial charge in [0.05, 0.1) is 13.2 Å². The van der Waals surface area contributed by atoms with Crippen LogP contribution >= 0.6 is 0 Å². The van der Waals surface area contributed by atoms with Gasteiger partial charge in [0.1, 0.15) is 11.7 Å². The molecule has 6 nitrogen and oxygen atoms in total. The summed E-state index contributed by atoms with van der Waals surface area (Å²) < 4.78 is 5.12. The van der Waals surface area contributed by atoms with Crippen LogP contribution in [0, 0.1) is 22.0 Å². The van der Waals surface area contributed by atoms with Crippen LogP contribution in [0.3, 0.4) is 0 Å². The average molecular weight is 292 g/mol. The number of hydrogen-bond donors (Lipinski definition) is 1. The molecule has 3 atom stereocenters. The third kappa shape index (κ3) is 3.51. The van der Waals surface area contributed by atoms with Gasteiger partial charge in [0.2, 0.25) is 11.9 Å². The van der Waals surface area contributed by atoms with Crippen molar-refractivity contribution in [1.29, 1.82) is 0 Å². The Labute approximate surface area is 123 Å². The van der Waals surface area contributed by atoms with Crippen LogP contribution in [0.2, 0.25) is 0 Å². The fourth-order valence-corrected chi connectivity index (χ4v) is 2.40. The molecule has 6 heteroatoms. The standard InChI is InChI=1S/C15H20N2O4/c1-9(2)14(10-4-6-11(21-3)7-5-10)16-15(18)12-8-13(12)17(19)20/h4-7,9,12-14H,8H2,1-3H3,(H,16,18)/t12-,13+,14+/m0/s1. The van der Waals surface area contributed by atoms with E-state index in [4.69, 9.17) is 4.74 Å². The third-order valence-corrected chi connectivity index (χ3v) is 3.80. The van der Waals surface area contributed by atoms with E-state index in [-0.39, 0.29) is 22.8 Å². The molecule has 0 aliphatic heterocycles. The van der Waals surface area contributed by atoms with E-state index in [9.17, 15) is 14.9 Å². The maximum absolute atomic E-state index is 12.1. The summed E-state index contributed by atoms with van der Waals surface area (Å²) in [7, 11) is 1.60. The van der Waals surface area contributed by atoms with Gasteiger partial charge in [-0.25, -0.2) is 0 Å². The topological polar surface area (TPSA) is 81.5 Å². The van der Waals surface area contributed by atoms with Crippen LogP contribution in [0.5, 0.6) is 5.75 Å². The van der Waals surface area contributed by atoms with Gasteiger partial charge >= 0.3 is 0 Å². The SMILES string of the molecule is COc1ccc([C@H](NC(=O)[C@H]2C[C@H]2[N+](=O)[O-])C(C)C)cc1. The number of nitrogens with zero attached hydrogens (tertiary/aromatic N) is 1. The Morgan fingerprint density at radius 1 is 1.38 bits per heavy atom. The second-order valence-corrected chi connectivity index (χ2v) is 5.70. The fraction of sp³-hybridized carbons (Fsp3) is 0.533. The van der Waals surface area contributed by atoms with Crippen molar-refractivity contribution in [3.8, 4) is 5.75 Å². The first-order chi connectivity index (χ1) is 9.93. The zero-order valence-electron chi connectivity index (χ0n) is 12.4. The van der Waals surface area contributed by atoms with Crippen LogP contribution in [-0.4, -0.2) is 24.0 Å². The minimum Gasteiger partial charge on any atom is -0.497 e. The van der Waals surface area contributed by atoms with E-state index in [0.717, 1.165) is 11.3 Å². The number of nitro groups is 1. The predicted molar refractivity (Wildman–Crippen MR) is 77.6 cm³/mol. The molecule has 0 radical (unpaired) electrons. The number of benzene rings is 1. The fourth-order valence-electron chi connectivity index (χ4n) is 2.40. The van der Waals surface area contributed by atoms with Crippen LogP contribution in [0.4, 0.5) is 0 Å². The predicted octanol–water partition coefficient (Wildman–Crippen LogP) is 2.17. The maximum atomic E-state index is 12.1. The van der Waals surface area contributed by atoms with Gasteiger partial charge in [0.25, 0.3) is 0 Å². The van der Waals surface area contributed by atoms with Crippen molar-refractivity contribution < 1.29 is 14.5 Å². The molecule has 1 aromatic carbocycles. The number of amides is 1. The molecule has 114 valence electrons. The van der Waals surface area contributed by atoms with Crippen LogP contribution in [0.15, 0.2) is 24.3 Å². The Kier molecular flexibility index (Phi) is 4.45. The van der Waals surface area contributed by atoms with Gasteiger partial charge in [-0.2, -0.15) is 0 Å². The number of hydrogen-bond acceptors (Lipinski definition) is 4. The van der Waals surface area contributed by atoms with Gasteiger partial charge < -0.3 is 10.1 Å². The molecule has 1 aliphatic rings. The zero-order chi connectivity index (χ0) is 15.6. The van der Waals surface area contributed by atoms with Crippen molar-refractivity contribution in [2.24, 2.45) is 11.8 Å². The average Bonchev–Trinajstić information content (AvgIpc) is 3.25. The van der Waals surface area contributed by atoms with Crippen LogP contribution in [-0.2, 0) is 4.79 Å². The van der Waals surface area contributed by atoms with Crippen molar-refractivity contribution >= 4 is 5.91 Å². The van der Waals surface area contributed by atoms with Gasteiger partial charge in [-0.1, -0.05) is 26.0 Å². The highest BCUT2D eigenvalue weighted by Gasteiger charge is 2.53. The van der Waals surface area contributed by atoms with Crippen LogP contribution < -0.4 is 10.1 Å². The first kappa shape index (κ1) is 15.3. The summed E-state index contributed by atoms with van der Waals surface area (Å²) in [4.78, 5) is 22.4. The summed E-state index contributed by atoms with van der Waals surface area (Å²) in [5, 5.41) is 13.6. The largest absolute Gasteiger partial charge is 0.497 e. The first-order valence-corrected chi connectivity index (χ1v) is 7.02. The molecule has 1 fully saturated rings. The molecule has 0 spiro atoms. The molecular formula is C15H20N2O4. The Morgan fingerprint density at radius 3 is 2.43 bits per heavy atom. The number of carbonyl (C=O) groups is 1. The highest BCUT2D eigenvalue weighted by molar-refractivity contribution is 5.82. The van der Waals surface area contributed by atoms with Crippen molar-refractivity contribution in [1.82, 2.24) is 5.32 Å². The molecule has 1 aromatic rings. The van der Waals surface area contributed by atoms with E-state index in [0.29, 0.717) is 6.42 Å². The summed E-state index contributed by atoms with van der Waals surface area (Å²) in [5.41, 5.74) is 0.970. The second-order valence-electron chi connectivity index (χ2n) is 5.70. The quantitative estimate of drug-likeness (QED) is 0.643. The van der Waals surface area contributed by atoms with Crippen LogP contribution in [0.25, 0.3) is 0 Å². The molecule has 1 aliphatic carbocycles. The zero-order valence-corrected chi connectivity index (χ0v) is 12.4. The molecule has 0 unspecified atom stereocenters. The first-order valence-electron chi connectivity index (χ1n) is 7.02. The number of carbonyl (C=O) groups excluding carboxylic acids is 1. The molecule has 1 amide bonds. The molecule has 1 N–H and O–H groups in total. The molecule has 21 heavy (non-hydrogen) atoms. The van der Waals surface area contributed by atoms with Crippen molar-refractivity contribution in [3.05, 3.63) is 39.9 Å². The van der Waals surface area contributed by atoms with Crippen molar-refractivity contribution in [2.75, 3.05) is 7.11 Å². The highest BCUT2D eigenvalue weighted by Crippen LogP contribution is 2.34. The van der Waals surface area contributed by atoms with Crippen molar-refractivity contribution in [3.63, 3.8) is 0 Å². The molecule has 0 bridgehead atoms. The lowest BCUT2D eigenvalue weighted by Gasteiger charge is -2.23. The lowest BCUT2D eigenvalue weighted by Crippen LogP contribution is -2.34. The van der Waals surface area contributed by atoms with E-state index in [1.54, 1.807) is 7.11 Å². The number of nitrogens with one attached hydrogen (secondary N) is 1. The highest BCUT2D eigenvalue weighted by atomic mass is 16.6. The summed E-state index contributed by atoms with van der Waals surface area (Å²) in [6.07, 6.45) is 0.340. The Bertz CT molecular complexity index is 527. The Balaban J connectivity index is 2.05. The third-order valence-electron chi connectivity index (χ3n) is 3.80. The summed E-state index contributed by atoms with van der Waals surface area (Å²) in [6.45, 7) is 4.01. The summed E-state index contributed by atoms with van der Waals surface area (Å²) >= 11 is 0. The Morgan fingerprint density at radius 2 is 2.00 bits per heavy atom. The van der Waals surface area contributed by atoms with Gasteiger partial charge in [-0.05, 0) is 23.6 Å². The molecule has 0 heterocycles. The van der Waals surface area contributed by atoms with Gasteiger partial charge in [-0.15, -0.1) is 0 Å². The number of ether oxygens (including phenoxy) is 1. The van der Waals surface area contributed by atoms with E-state index < -0.39 is 12.0 Å². The smallest absolute Gasteiger partial charge is 0.230 e. The minimum absolute atomic E-state index is 0.156. The summed E-state index contributed by atoms with van der Waals surface area (Å²) in [6, 6.07) is 6.62. The maximum Gasteiger partial charge on any atom is 0.230 e. The number of rotatable bonds is 6. The normalized spacial score (nSPS) is 21.7. The second kappa shape index (κ2) is 6.11. The lowest BCUT2D eigenvalue weighted by atomic mass is 9.95. The van der Waals surface area contributed by atoms with Gasteiger partial charge in [0, 0.05) is 11.3 Å². The minimum atomic E-state index is -0.714. The van der Waals surface area contributed by atoms with E-state index in [2.05, 4.69) is 5.32 Å². The Hall–Kier alpha value is -2.11.